The van der Waals surface area contributed by atoms with Crippen LogP contribution in [0.1, 0.15) is 0 Å². The van der Waals surface area contributed by atoms with Crippen molar-refractivity contribution in [1.29, 1.82) is 0 Å². The molecule has 7 nitrogen and oxygen atoms in total. The van der Waals surface area contributed by atoms with Gasteiger partial charge in [0.2, 0.25) is 0 Å². The lowest BCUT2D eigenvalue weighted by Crippen LogP contribution is -2.40. The van der Waals surface area contributed by atoms with Gasteiger partial charge in [-0.3, -0.25) is 0 Å². The van der Waals surface area contributed by atoms with Gasteiger partial charge < -0.3 is 29.5 Å². The molecule has 1 atom stereocenters. The van der Waals surface area contributed by atoms with Gasteiger partial charge >= 0.3 is 0 Å². The van der Waals surface area contributed by atoms with E-state index in [1.54, 1.807) is 24.4 Å². The zero-order valence-electron chi connectivity index (χ0n) is 15.4. The molecule has 29 heavy (non-hydrogen) atoms. The maximum absolute atomic E-state index is 9.36. The third kappa shape index (κ3) is 5.78. The Morgan fingerprint density at radius 3 is 2.24 bits per heavy atom. The standard InChI is InChI=1S/C20H21Br2NO6/c21-14-2-1-3-15(6-14)28-16-4-5-18(17(22)7-16)29-20(8-23-20)13-27-12-19(9-24,10-25)11-26/h1-8,24-26H,9-13H2. The van der Waals surface area contributed by atoms with E-state index in [2.05, 4.69) is 36.9 Å². The minimum Gasteiger partial charge on any atom is -0.457 e. The van der Waals surface area contributed by atoms with Gasteiger partial charge in [-0.2, -0.15) is 0 Å². The van der Waals surface area contributed by atoms with Crippen LogP contribution in [0.3, 0.4) is 0 Å². The summed E-state index contributed by atoms with van der Waals surface area (Å²) in [6.45, 7) is -1.10. The molecule has 0 bridgehead atoms. The highest BCUT2D eigenvalue weighted by molar-refractivity contribution is 9.10. The van der Waals surface area contributed by atoms with Crippen LogP contribution in [0, 0.1) is 5.41 Å². The molecule has 3 rings (SSSR count). The molecule has 0 aromatic heterocycles. The molecule has 1 aliphatic rings. The Balaban J connectivity index is 1.58. The minimum atomic E-state index is -1.10. The SMILES string of the molecule is OCC(CO)(CO)COCC1(Oc2ccc(Oc3cccc(Br)c3)cc2Br)C=N1. The average Bonchev–Trinajstić information content (AvgIpc) is 3.47. The Labute approximate surface area is 185 Å². The molecular formula is C20H21Br2NO6. The predicted octanol–water partition coefficient (Wildman–Crippen LogP) is 3.14. The molecule has 0 saturated heterocycles. The molecule has 2 aromatic carbocycles. The fourth-order valence-electron chi connectivity index (χ4n) is 2.41. The van der Waals surface area contributed by atoms with Crippen molar-refractivity contribution in [3.05, 3.63) is 51.4 Å². The van der Waals surface area contributed by atoms with Crippen molar-refractivity contribution in [3.63, 3.8) is 0 Å². The van der Waals surface area contributed by atoms with Crippen LogP contribution in [-0.2, 0) is 4.74 Å². The summed E-state index contributed by atoms with van der Waals surface area (Å²) in [5, 5.41) is 28.1. The number of benzene rings is 2. The lowest BCUT2D eigenvalue weighted by atomic mass is 9.93. The Morgan fingerprint density at radius 2 is 1.66 bits per heavy atom. The van der Waals surface area contributed by atoms with Gasteiger partial charge in [-0.15, -0.1) is 0 Å². The third-order valence-electron chi connectivity index (χ3n) is 4.36. The fraction of sp³-hybridized carbons (Fsp3) is 0.350. The van der Waals surface area contributed by atoms with Gasteiger partial charge in [0.15, 0.2) is 0 Å². The number of rotatable bonds is 11. The summed E-state index contributed by atoms with van der Waals surface area (Å²) >= 11 is 6.89. The quantitative estimate of drug-likeness (QED) is 0.412. The van der Waals surface area contributed by atoms with E-state index in [4.69, 9.17) is 14.2 Å². The molecule has 0 spiro atoms. The van der Waals surface area contributed by atoms with Crippen LogP contribution in [0.25, 0.3) is 0 Å². The largest absolute Gasteiger partial charge is 0.457 e. The van der Waals surface area contributed by atoms with Crippen molar-refractivity contribution in [2.24, 2.45) is 10.4 Å². The van der Waals surface area contributed by atoms with Crippen molar-refractivity contribution in [2.75, 3.05) is 33.0 Å². The van der Waals surface area contributed by atoms with E-state index >= 15 is 0 Å². The van der Waals surface area contributed by atoms with Gasteiger partial charge in [-0.25, -0.2) is 4.99 Å². The van der Waals surface area contributed by atoms with Crippen LogP contribution < -0.4 is 9.47 Å². The van der Waals surface area contributed by atoms with Gasteiger partial charge in [0.25, 0.3) is 5.72 Å². The van der Waals surface area contributed by atoms with Crippen LogP contribution in [-0.4, -0.2) is 60.3 Å². The number of ether oxygens (including phenoxy) is 3. The van der Waals surface area contributed by atoms with Gasteiger partial charge in [0, 0.05) is 4.47 Å². The third-order valence-corrected chi connectivity index (χ3v) is 5.48. The normalized spacial score (nSPS) is 18.0. The maximum atomic E-state index is 9.36. The number of nitrogens with zero attached hydrogens (tertiary/aromatic N) is 1. The van der Waals surface area contributed by atoms with Crippen molar-refractivity contribution in [1.82, 2.24) is 0 Å². The Morgan fingerprint density at radius 1 is 0.966 bits per heavy atom. The first kappa shape index (κ1) is 22.2. The summed E-state index contributed by atoms with van der Waals surface area (Å²) < 4.78 is 18.9. The second kappa shape index (κ2) is 9.55. The van der Waals surface area contributed by atoms with Crippen LogP contribution in [0.2, 0.25) is 0 Å². The Kier molecular flexibility index (Phi) is 7.31. The lowest BCUT2D eigenvalue weighted by molar-refractivity contribution is -0.0722. The molecule has 1 heterocycles. The van der Waals surface area contributed by atoms with Crippen molar-refractivity contribution >= 4 is 38.1 Å². The van der Waals surface area contributed by atoms with E-state index in [1.165, 1.54) is 0 Å². The number of aliphatic hydroxyl groups is 3. The maximum Gasteiger partial charge on any atom is 0.259 e. The average molecular weight is 531 g/mol. The fourth-order valence-corrected chi connectivity index (χ4v) is 3.23. The minimum absolute atomic E-state index is 0.0223. The number of halogens is 2. The van der Waals surface area contributed by atoms with Crippen molar-refractivity contribution < 1.29 is 29.5 Å². The van der Waals surface area contributed by atoms with Gasteiger partial charge in [0.1, 0.15) is 23.9 Å². The molecule has 0 amide bonds. The molecule has 0 saturated carbocycles. The van der Waals surface area contributed by atoms with E-state index in [0.717, 1.165) is 4.47 Å². The summed E-state index contributed by atoms with van der Waals surface area (Å²) in [7, 11) is 0. The highest BCUT2D eigenvalue weighted by Gasteiger charge is 2.41. The van der Waals surface area contributed by atoms with Crippen molar-refractivity contribution in [3.8, 4) is 17.2 Å². The van der Waals surface area contributed by atoms with E-state index in [1.807, 2.05) is 24.3 Å². The molecule has 1 aliphatic heterocycles. The number of hydrogen-bond donors (Lipinski definition) is 3. The van der Waals surface area contributed by atoms with Gasteiger partial charge in [-0.05, 0) is 52.3 Å². The summed E-state index contributed by atoms with van der Waals surface area (Å²) in [4.78, 5) is 4.15. The molecule has 0 radical (unpaired) electrons. The topological polar surface area (TPSA) is 101 Å². The molecule has 156 valence electrons. The van der Waals surface area contributed by atoms with E-state index in [-0.39, 0.29) is 33.0 Å². The second-order valence-electron chi connectivity index (χ2n) is 6.82. The van der Waals surface area contributed by atoms with E-state index in [0.29, 0.717) is 21.7 Å². The summed E-state index contributed by atoms with van der Waals surface area (Å²) in [5.41, 5.74) is -2.02. The second-order valence-corrected chi connectivity index (χ2v) is 8.59. The zero-order chi connectivity index (χ0) is 20.9. The number of aliphatic imine (C=N–C) groups is 1. The van der Waals surface area contributed by atoms with Crippen molar-refractivity contribution in [2.45, 2.75) is 5.72 Å². The summed E-state index contributed by atoms with van der Waals surface area (Å²) in [5.74, 6) is 1.91. The van der Waals surface area contributed by atoms with Crippen LogP contribution >= 0.6 is 31.9 Å². The number of hydrogen-bond acceptors (Lipinski definition) is 7. The number of aliphatic hydroxyl groups excluding tert-OH is 3. The van der Waals surface area contributed by atoms with Crippen LogP contribution in [0.4, 0.5) is 0 Å². The zero-order valence-corrected chi connectivity index (χ0v) is 18.6. The predicted molar refractivity (Wildman–Crippen MR) is 115 cm³/mol. The Hall–Kier alpha value is -1.49. The van der Waals surface area contributed by atoms with E-state index in [9.17, 15) is 15.3 Å². The first-order valence-corrected chi connectivity index (χ1v) is 10.4. The first-order valence-electron chi connectivity index (χ1n) is 8.82. The van der Waals surface area contributed by atoms with Crippen LogP contribution in [0.15, 0.2) is 56.4 Å². The van der Waals surface area contributed by atoms with Gasteiger partial charge in [-0.1, -0.05) is 22.0 Å². The molecule has 3 N–H and O–H groups in total. The monoisotopic (exact) mass is 529 g/mol. The molecule has 9 heteroatoms. The smallest absolute Gasteiger partial charge is 0.259 e. The summed E-state index contributed by atoms with van der Waals surface area (Å²) in [6.07, 6.45) is 1.61. The highest BCUT2D eigenvalue weighted by Crippen LogP contribution is 2.36. The molecule has 0 fully saturated rings. The van der Waals surface area contributed by atoms with E-state index < -0.39 is 11.1 Å². The summed E-state index contributed by atoms with van der Waals surface area (Å²) in [6, 6.07) is 12.9. The first-order chi connectivity index (χ1) is 13.9. The highest BCUT2D eigenvalue weighted by atomic mass is 79.9. The van der Waals surface area contributed by atoms with Gasteiger partial charge in [0.05, 0.1) is 42.5 Å². The van der Waals surface area contributed by atoms with Crippen LogP contribution in [0.5, 0.6) is 17.2 Å². The molecule has 0 aliphatic carbocycles. The lowest BCUT2D eigenvalue weighted by Gasteiger charge is -2.27. The molecule has 2 aromatic rings. The Bertz CT molecular complexity index is 858. The molecular weight excluding hydrogens is 510 g/mol. The molecule has 1 unspecified atom stereocenters.